The lowest BCUT2D eigenvalue weighted by Gasteiger charge is -2.58. The van der Waals surface area contributed by atoms with Crippen molar-refractivity contribution < 1.29 is 24.5 Å². The van der Waals surface area contributed by atoms with Crippen molar-refractivity contribution in [2.24, 2.45) is 22.7 Å². The number of amides is 2. The third-order valence-corrected chi connectivity index (χ3v) is 10.8. The summed E-state index contributed by atoms with van der Waals surface area (Å²) < 4.78 is 5.60. The van der Waals surface area contributed by atoms with Gasteiger partial charge in [0.15, 0.2) is 11.7 Å². The number of ether oxygens (including phenoxy) is 1. The molecule has 8 nitrogen and oxygen atoms in total. The predicted octanol–water partition coefficient (Wildman–Crippen LogP) is 4.22. The van der Waals surface area contributed by atoms with Crippen LogP contribution in [0.5, 0.6) is 5.75 Å². The summed E-state index contributed by atoms with van der Waals surface area (Å²) >= 11 is 1.43. The number of hydrogen-bond acceptors (Lipinski definition) is 7. The highest BCUT2D eigenvalue weighted by molar-refractivity contribution is 7.15. The SMILES string of the molecule is CC1CCN(C(=O)CC2c3nc(NC(=O)COc4ccccc4)sc3CC3C(C)(CO)C(O)CCC23C)CC1. The summed E-state index contributed by atoms with van der Waals surface area (Å²) in [4.78, 5) is 34.2. The van der Waals surface area contributed by atoms with Gasteiger partial charge in [-0.2, -0.15) is 0 Å². The highest BCUT2D eigenvalue weighted by atomic mass is 32.1. The van der Waals surface area contributed by atoms with E-state index in [1.54, 1.807) is 12.1 Å². The van der Waals surface area contributed by atoms with Gasteiger partial charge in [0.2, 0.25) is 5.91 Å². The first-order valence-corrected chi connectivity index (χ1v) is 15.0. The molecule has 2 aliphatic carbocycles. The minimum atomic E-state index is -0.677. The van der Waals surface area contributed by atoms with E-state index >= 15 is 0 Å². The molecule has 5 unspecified atom stereocenters. The topological polar surface area (TPSA) is 112 Å². The van der Waals surface area contributed by atoms with E-state index in [-0.39, 0.29) is 42.3 Å². The Morgan fingerprint density at radius 1 is 1.18 bits per heavy atom. The number of hydrogen-bond donors (Lipinski definition) is 3. The van der Waals surface area contributed by atoms with Gasteiger partial charge in [-0.3, -0.25) is 14.9 Å². The van der Waals surface area contributed by atoms with Crippen molar-refractivity contribution in [1.82, 2.24) is 9.88 Å². The third kappa shape index (κ3) is 5.45. The molecule has 1 aromatic heterocycles. The molecule has 2 aromatic rings. The number of aromatic nitrogens is 1. The Morgan fingerprint density at radius 3 is 2.59 bits per heavy atom. The molecule has 0 radical (unpaired) electrons. The van der Waals surface area contributed by atoms with Crippen LogP contribution in [0.25, 0.3) is 0 Å². The van der Waals surface area contributed by atoms with Crippen LogP contribution < -0.4 is 10.1 Å². The van der Waals surface area contributed by atoms with Gasteiger partial charge in [0.05, 0.1) is 18.4 Å². The largest absolute Gasteiger partial charge is 0.484 e. The molecule has 0 bridgehead atoms. The van der Waals surface area contributed by atoms with E-state index in [0.29, 0.717) is 36.1 Å². The monoisotopic (exact) mass is 555 g/mol. The highest BCUT2D eigenvalue weighted by Gasteiger charge is 2.59. The predicted molar refractivity (Wildman–Crippen MR) is 151 cm³/mol. The van der Waals surface area contributed by atoms with Crippen molar-refractivity contribution in [3.8, 4) is 5.75 Å². The van der Waals surface area contributed by atoms with Crippen LogP contribution in [0.1, 0.15) is 69.4 Å². The third-order valence-electron chi connectivity index (χ3n) is 9.77. The molecule has 5 rings (SSSR count). The first-order chi connectivity index (χ1) is 18.6. The molecule has 9 heteroatoms. The first-order valence-electron chi connectivity index (χ1n) is 14.2. The molecule has 2 heterocycles. The number of aliphatic hydroxyl groups is 2. The van der Waals surface area contributed by atoms with Crippen LogP contribution in [0.2, 0.25) is 0 Å². The zero-order valence-electron chi connectivity index (χ0n) is 23.2. The number of benzene rings is 1. The van der Waals surface area contributed by atoms with Gasteiger partial charge in [-0.15, -0.1) is 11.3 Å². The molecule has 39 heavy (non-hydrogen) atoms. The zero-order chi connectivity index (χ0) is 27.8. The molecule has 5 atom stereocenters. The molecule has 1 saturated carbocycles. The van der Waals surface area contributed by atoms with E-state index in [1.165, 1.54) is 11.3 Å². The van der Waals surface area contributed by atoms with Crippen LogP contribution in [0, 0.1) is 22.7 Å². The fraction of sp³-hybridized carbons (Fsp3) is 0.633. The molecule has 3 N–H and O–H groups in total. The van der Waals surface area contributed by atoms with Gasteiger partial charge in [-0.05, 0) is 61.5 Å². The van der Waals surface area contributed by atoms with Crippen molar-refractivity contribution in [3.63, 3.8) is 0 Å². The number of nitrogens with one attached hydrogen (secondary N) is 1. The Hall–Kier alpha value is -2.49. The first kappa shape index (κ1) is 28.1. The smallest absolute Gasteiger partial charge is 0.264 e. The lowest BCUT2D eigenvalue weighted by molar-refractivity contribution is -0.147. The molecule has 2 fully saturated rings. The summed E-state index contributed by atoms with van der Waals surface area (Å²) in [7, 11) is 0. The lowest BCUT2D eigenvalue weighted by atomic mass is 9.47. The Balaban J connectivity index is 1.40. The van der Waals surface area contributed by atoms with Crippen LogP contribution in [-0.4, -0.2) is 64.3 Å². The summed E-state index contributed by atoms with van der Waals surface area (Å²) in [6.45, 7) is 7.74. The number of fused-ring (bicyclic) bond motifs is 2. The maximum atomic E-state index is 13.6. The van der Waals surface area contributed by atoms with Crippen LogP contribution >= 0.6 is 11.3 Å². The average Bonchev–Trinajstić information content (AvgIpc) is 3.33. The second-order valence-electron chi connectivity index (χ2n) is 12.3. The number of piperidine rings is 1. The van der Waals surface area contributed by atoms with E-state index in [0.717, 1.165) is 42.9 Å². The number of para-hydroxylation sites is 1. The van der Waals surface area contributed by atoms with Crippen molar-refractivity contribution in [1.29, 1.82) is 0 Å². The average molecular weight is 556 g/mol. The number of anilines is 1. The van der Waals surface area contributed by atoms with Gasteiger partial charge < -0.3 is 19.8 Å². The van der Waals surface area contributed by atoms with E-state index < -0.39 is 11.5 Å². The molecular formula is C30H41N3O5S. The zero-order valence-corrected chi connectivity index (χ0v) is 24.0. The summed E-state index contributed by atoms with van der Waals surface area (Å²) in [6.07, 6.45) is 3.77. The van der Waals surface area contributed by atoms with Crippen molar-refractivity contribution in [2.45, 2.75) is 71.3 Å². The van der Waals surface area contributed by atoms with Crippen molar-refractivity contribution >= 4 is 28.3 Å². The number of nitrogens with zero attached hydrogens (tertiary/aromatic N) is 2. The lowest BCUT2D eigenvalue weighted by Crippen LogP contribution is -2.57. The molecule has 0 spiro atoms. The van der Waals surface area contributed by atoms with E-state index in [4.69, 9.17) is 9.72 Å². The number of aliphatic hydroxyl groups excluding tert-OH is 2. The van der Waals surface area contributed by atoms with Gasteiger partial charge in [0.1, 0.15) is 5.75 Å². The quantitative estimate of drug-likeness (QED) is 0.472. The van der Waals surface area contributed by atoms with Crippen molar-refractivity contribution in [2.75, 3.05) is 31.6 Å². The van der Waals surface area contributed by atoms with Crippen LogP contribution in [0.3, 0.4) is 0 Å². The van der Waals surface area contributed by atoms with Gasteiger partial charge in [-0.1, -0.05) is 39.0 Å². The Morgan fingerprint density at radius 2 is 1.90 bits per heavy atom. The summed E-state index contributed by atoms with van der Waals surface area (Å²) in [6, 6.07) is 9.19. The summed E-state index contributed by atoms with van der Waals surface area (Å²) in [5.41, 5.74) is -0.106. The Labute approximate surface area is 234 Å². The molecular weight excluding hydrogens is 514 g/mol. The molecule has 2 amide bonds. The number of rotatable bonds is 7. The van der Waals surface area contributed by atoms with Crippen LogP contribution in [0.15, 0.2) is 30.3 Å². The minimum absolute atomic E-state index is 0.0177. The second kappa shape index (κ2) is 11.2. The molecule has 3 aliphatic rings. The standard InChI is InChI=1S/C30H41N3O5S/c1-19-10-13-33(14-11-19)26(37)15-21-27-22(16-23-29(21,2)12-9-24(35)30(23,3)18-34)39-28(32-27)31-25(36)17-38-20-7-5-4-6-8-20/h4-8,19,21,23-24,34-35H,9-18H2,1-3H3,(H,31,32,36). The Kier molecular flexibility index (Phi) is 8.04. The molecule has 212 valence electrons. The van der Waals surface area contributed by atoms with E-state index in [2.05, 4.69) is 19.2 Å². The fourth-order valence-electron chi connectivity index (χ4n) is 7.08. The highest BCUT2D eigenvalue weighted by Crippen LogP contribution is 2.63. The summed E-state index contributed by atoms with van der Waals surface area (Å²) in [5, 5.41) is 24.9. The normalized spacial score (nSPS) is 30.8. The van der Waals surface area contributed by atoms with Gasteiger partial charge in [0, 0.05) is 35.7 Å². The fourth-order valence-corrected chi connectivity index (χ4v) is 8.17. The number of carbonyl (C=O) groups excluding carboxylic acids is 2. The molecule has 1 aromatic carbocycles. The number of likely N-dealkylation sites (tertiary alicyclic amines) is 1. The maximum Gasteiger partial charge on any atom is 0.264 e. The number of thiazole rings is 1. The molecule has 1 saturated heterocycles. The van der Waals surface area contributed by atoms with Gasteiger partial charge in [-0.25, -0.2) is 4.98 Å². The van der Waals surface area contributed by atoms with E-state index in [1.807, 2.05) is 30.0 Å². The molecule has 1 aliphatic heterocycles. The van der Waals surface area contributed by atoms with Gasteiger partial charge >= 0.3 is 0 Å². The van der Waals surface area contributed by atoms with Crippen LogP contribution in [-0.2, 0) is 16.0 Å². The van der Waals surface area contributed by atoms with Crippen LogP contribution in [0.4, 0.5) is 5.13 Å². The van der Waals surface area contributed by atoms with Gasteiger partial charge in [0.25, 0.3) is 5.91 Å². The number of carbonyl (C=O) groups is 2. The maximum absolute atomic E-state index is 13.6. The second-order valence-corrected chi connectivity index (χ2v) is 13.4. The minimum Gasteiger partial charge on any atom is -0.484 e. The van der Waals surface area contributed by atoms with Crippen molar-refractivity contribution in [3.05, 3.63) is 40.9 Å². The Bertz CT molecular complexity index is 1180. The van der Waals surface area contributed by atoms with E-state index in [9.17, 15) is 19.8 Å². The summed E-state index contributed by atoms with van der Waals surface area (Å²) in [5.74, 6) is 0.939.